The number of pyridine rings is 1. The van der Waals surface area contributed by atoms with Crippen LogP contribution in [0.4, 0.5) is 12.9 Å². The van der Waals surface area contributed by atoms with Gasteiger partial charge in [0.1, 0.15) is 0 Å². The molecule has 0 amide bonds. The molecule has 0 atom stereocenters. The second kappa shape index (κ2) is 5.50. The van der Waals surface area contributed by atoms with Crippen molar-refractivity contribution in [3.8, 4) is 0 Å². The summed E-state index contributed by atoms with van der Waals surface area (Å²) in [6.07, 6.45) is 0.579. The number of nitrogens with zero attached hydrogens (tertiary/aromatic N) is 1. The SMILES string of the molecule is Cc1cc(C[B-](F)(F)F)ccn1.[K+]. The number of hydrogen-bond acceptors (Lipinski definition) is 1. The molecular formula is C7H8BF3KN. The van der Waals surface area contributed by atoms with Gasteiger partial charge in [0.2, 0.25) is 0 Å². The van der Waals surface area contributed by atoms with Gasteiger partial charge in [0.05, 0.1) is 0 Å². The summed E-state index contributed by atoms with van der Waals surface area (Å²) in [6, 6.07) is 2.84. The summed E-state index contributed by atoms with van der Waals surface area (Å²) in [6.45, 7) is -3.05. The van der Waals surface area contributed by atoms with Gasteiger partial charge in [-0.15, -0.1) is 0 Å². The van der Waals surface area contributed by atoms with E-state index in [4.69, 9.17) is 0 Å². The largest absolute Gasteiger partial charge is 1.00 e. The van der Waals surface area contributed by atoms with Gasteiger partial charge in [0.25, 0.3) is 0 Å². The Morgan fingerprint density at radius 1 is 1.38 bits per heavy atom. The Morgan fingerprint density at radius 2 is 2.00 bits per heavy atom. The average molecular weight is 213 g/mol. The molecule has 1 aromatic rings. The summed E-state index contributed by atoms with van der Waals surface area (Å²) in [4.78, 5) is 3.81. The van der Waals surface area contributed by atoms with Crippen molar-refractivity contribution in [3.63, 3.8) is 0 Å². The van der Waals surface area contributed by atoms with Crippen LogP contribution in [-0.4, -0.2) is 12.0 Å². The molecule has 1 rings (SSSR count). The van der Waals surface area contributed by atoms with E-state index in [0.717, 1.165) is 0 Å². The van der Waals surface area contributed by atoms with E-state index in [0.29, 0.717) is 5.69 Å². The van der Waals surface area contributed by atoms with Gasteiger partial charge in [0, 0.05) is 11.9 Å². The second-order valence-electron chi connectivity index (χ2n) is 2.72. The van der Waals surface area contributed by atoms with E-state index in [-0.39, 0.29) is 56.9 Å². The Morgan fingerprint density at radius 3 is 2.46 bits per heavy atom. The zero-order valence-electron chi connectivity index (χ0n) is 7.60. The van der Waals surface area contributed by atoms with Crippen LogP contribution in [0.15, 0.2) is 18.3 Å². The Hall–Kier alpha value is 0.641. The average Bonchev–Trinajstić information content (AvgIpc) is 1.82. The monoisotopic (exact) mass is 213 g/mol. The quantitative estimate of drug-likeness (QED) is 0.593. The Labute approximate surface area is 118 Å². The molecule has 6 heteroatoms. The van der Waals surface area contributed by atoms with Crippen LogP contribution in [0.5, 0.6) is 0 Å². The zero-order chi connectivity index (χ0) is 9.19. The maximum atomic E-state index is 11.9. The molecule has 1 heterocycles. The van der Waals surface area contributed by atoms with Crippen LogP contribution in [-0.2, 0) is 6.32 Å². The van der Waals surface area contributed by atoms with Crippen molar-refractivity contribution in [3.05, 3.63) is 29.6 Å². The van der Waals surface area contributed by atoms with Crippen LogP contribution in [0.3, 0.4) is 0 Å². The fourth-order valence-electron chi connectivity index (χ4n) is 0.998. The normalized spacial score (nSPS) is 10.8. The summed E-state index contributed by atoms with van der Waals surface area (Å²) in [7, 11) is 0. The molecule has 0 N–H and O–H groups in total. The fourth-order valence-corrected chi connectivity index (χ4v) is 0.998. The Balaban J connectivity index is 0.00000144. The first-order valence-electron chi connectivity index (χ1n) is 3.60. The van der Waals surface area contributed by atoms with Crippen molar-refractivity contribution < 1.29 is 64.3 Å². The van der Waals surface area contributed by atoms with Gasteiger partial charge >= 0.3 is 58.4 Å². The van der Waals surface area contributed by atoms with E-state index in [1.165, 1.54) is 18.3 Å². The minimum absolute atomic E-state index is 0. The number of hydrogen-bond donors (Lipinski definition) is 0. The number of halogens is 3. The van der Waals surface area contributed by atoms with Crippen LogP contribution in [0.2, 0.25) is 0 Å². The van der Waals surface area contributed by atoms with Crippen LogP contribution < -0.4 is 51.4 Å². The molecule has 1 aromatic heterocycles. The van der Waals surface area contributed by atoms with Crippen molar-refractivity contribution >= 4 is 6.98 Å². The molecule has 0 saturated carbocycles. The molecule has 1 nitrogen and oxygen atoms in total. The van der Waals surface area contributed by atoms with Crippen molar-refractivity contribution in [2.45, 2.75) is 13.2 Å². The van der Waals surface area contributed by atoms with Crippen LogP contribution >= 0.6 is 0 Å². The van der Waals surface area contributed by atoms with E-state index < -0.39 is 13.3 Å². The first-order chi connectivity index (χ1) is 5.47. The minimum Gasteiger partial charge on any atom is -0.449 e. The first kappa shape index (κ1) is 13.6. The molecule has 0 fully saturated rings. The maximum absolute atomic E-state index is 11.9. The van der Waals surface area contributed by atoms with E-state index in [1.807, 2.05) is 0 Å². The van der Waals surface area contributed by atoms with Crippen molar-refractivity contribution in [1.29, 1.82) is 0 Å². The summed E-state index contributed by atoms with van der Waals surface area (Å²) in [5.41, 5.74) is 0.905. The molecule has 0 radical (unpaired) electrons. The molecule has 66 valence electrons. The summed E-state index contributed by atoms with van der Waals surface area (Å²) >= 11 is 0. The van der Waals surface area contributed by atoms with E-state index in [9.17, 15) is 12.9 Å². The van der Waals surface area contributed by atoms with Gasteiger partial charge in [-0.2, -0.15) is 0 Å². The molecule has 0 unspecified atom stereocenters. The third-order valence-corrected chi connectivity index (χ3v) is 1.43. The Bertz CT molecular complexity index is 277. The molecule has 0 saturated heterocycles. The maximum Gasteiger partial charge on any atom is 1.00 e. The predicted octanol–water partition coefficient (Wildman–Crippen LogP) is -0.677. The van der Waals surface area contributed by atoms with Crippen molar-refractivity contribution in [1.82, 2.24) is 4.98 Å². The predicted molar refractivity (Wildman–Crippen MR) is 41.8 cm³/mol. The zero-order valence-corrected chi connectivity index (χ0v) is 10.7. The summed E-state index contributed by atoms with van der Waals surface area (Å²) in [5.74, 6) is 0. The third-order valence-electron chi connectivity index (χ3n) is 1.43. The number of aromatic nitrogens is 1. The van der Waals surface area contributed by atoms with Crippen molar-refractivity contribution in [2.24, 2.45) is 0 Å². The van der Waals surface area contributed by atoms with E-state index in [2.05, 4.69) is 4.98 Å². The molecule has 0 aromatic carbocycles. The third kappa shape index (κ3) is 5.85. The molecule has 0 aliphatic carbocycles. The molecular weight excluding hydrogens is 205 g/mol. The molecule has 0 bridgehead atoms. The van der Waals surface area contributed by atoms with E-state index in [1.54, 1.807) is 6.92 Å². The van der Waals surface area contributed by atoms with Gasteiger partial charge in [-0.25, -0.2) is 0 Å². The van der Waals surface area contributed by atoms with E-state index >= 15 is 0 Å². The van der Waals surface area contributed by atoms with Gasteiger partial charge in [-0.1, -0.05) is 11.9 Å². The van der Waals surface area contributed by atoms with Gasteiger partial charge in [0.15, 0.2) is 0 Å². The summed E-state index contributed by atoms with van der Waals surface area (Å²) in [5, 5.41) is 0. The van der Waals surface area contributed by atoms with Crippen molar-refractivity contribution in [2.75, 3.05) is 0 Å². The fraction of sp³-hybridized carbons (Fsp3) is 0.286. The standard InChI is InChI=1S/C7H8BF3N.K/c1-6-4-7(2-3-12-6)5-8(9,10)11;/h2-4H,5H2,1H3;/q-1;+1. The van der Waals surface area contributed by atoms with Crippen LogP contribution in [0, 0.1) is 6.92 Å². The van der Waals surface area contributed by atoms with Gasteiger partial charge in [-0.3, -0.25) is 4.98 Å². The molecule has 0 aliphatic rings. The Kier molecular flexibility index (Phi) is 5.78. The topological polar surface area (TPSA) is 12.9 Å². The van der Waals surface area contributed by atoms with Gasteiger partial charge in [-0.05, 0) is 19.1 Å². The molecule has 0 aliphatic heterocycles. The van der Waals surface area contributed by atoms with Gasteiger partial charge < -0.3 is 12.9 Å². The summed E-state index contributed by atoms with van der Waals surface area (Å²) < 4.78 is 35.7. The number of aryl methyl sites for hydroxylation is 1. The first-order valence-corrected chi connectivity index (χ1v) is 3.60. The smallest absolute Gasteiger partial charge is 0.449 e. The minimum atomic E-state index is -4.72. The van der Waals surface area contributed by atoms with Crippen LogP contribution in [0.25, 0.3) is 0 Å². The second-order valence-corrected chi connectivity index (χ2v) is 2.72. The van der Waals surface area contributed by atoms with Crippen LogP contribution in [0.1, 0.15) is 11.3 Å². The molecule has 0 spiro atoms. The number of rotatable bonds is 2. The molecule has 13 heavy (non-hydrogen) atoms.